The van der Waals surface area contributed by atoms with Crippen LogP contribution in [-0.4, -0.2) is 35.9 Å². The summed E-state index contributed by atoms with van der Waals surface area (Å²) in [5.41, 5.74) is 3.98. The lowest BCUT2D eigenvalue weighted by atomic mass is 10.2. The van der Waals surface area contributed by atoms with Gasteiger partial charge < -0.3 is 23.9 Å². The summed E-state index contributed by atoms with van der Waals surface area (Å²) in [7, 11) is 2.03. The maximum absolute atomic E-state index is 5.92. The average Bonchev–Trinajstić information content (AvgIpc) is 3.19. The molecule has 0 atom stereocenters. The van der Waals surface area contributed by atoms with E-state index >= 15 is 0 Å². The van der Waals surface area contributed by atoms with Crippen LogP contribution in [0, 0.1) is 0 Å². The Bertz CT molecular complexity index is 802. The van der Waals surface area contributed by atoms with E-state index in [-0.39, 0.29) is 0 Å². The number of rotatable bonds is 4. The first-order chi connectivity index (χ1) is 11.3. The Morgan fingerprint density at radius 1 is 1.22 bits per heavy atom. The lowest BCUT2D eigenvalue weighted by molar-refractivity contribution is 0.120. The number of benzene rings is 1. The fourth-order valence-corrected chi connectivity index (χ4v) is 2.78. The molecule has 1 aliphatic rings. The molecule has 1 saturated heterocycles. The van der Waals surface area contributed by atoms with Crippen LogP contribution in [0.3, 0.4) is 0 Å². The fourth-order valence-electron chi connectivity index (χ4n) is 2.78. The summed E-state index contributed by atoms with van der Waals surface area (Å²) >= 11 is 0. The largest absolute Gasteiger partial charge is 0.423 e. The first-order valence-corrected chi connectivity index (χ1v) is 7.86. The van der Waals surface area contributed by atoms with Gasteiger partial charge in [0.1, 0.15) is 5.52 Å². The summed E-state index contributed by atoms with van der Waals surface area (Å²) < 4.78 is 13.3. The lowest BCUT2D eigenvalue weighted by Crippen LogP contribution is -2.36. The number of oxazole rings is 1. The molecule has 0 unspecified atom stereocenters. The number of morpholine rings is 1. The summed E-state index contributed by atoms with van der Waals surface area (Å²) in [5.74, 6) is 0. The Hall–Kier alpha value is -2.47. The number of nitrogens with zero attached hydrogens (tertiary/aromatic N) is 3. The highest BCUT2D eigenvalue weighted by molar-refractivity contribution is 5.78. The molecule has 23 heavy (non-hydrogen) atoms. The highest BCUT2D eigenvalue weighted by Crippen LogP contribution is 2.25. The maximum Gasteiger partial charge on any atom is 0.298 e. The quantitative estimate of drug-likeness (QED) is 0.802. The van der Waals surface area contributed by atoms with Gasteiger partial charge in [0.05, 0.1) is 13.2 Å². The monoisotopic (exact) mass is 312 g/mol. The van der Waals surface area contributed by atoms with Crippen molar-refractivity contribution in [1.82, 2.24) is 9.55 Å². The van der Waals surface area contributed by atoms with E-state index in [2.05, 4.69) is 27.5 Å². The Balaban J connectivity index is 1.50. The highest BCUT2D eigenvalue weighted by atomic mass is 16.5. The Labute approximate surface area is 134 Å². The first kappa shape index (κ1) is 14.1. The SMILES string of the molecule is Cn1ccc(CNc2ccc3nc(N4CCOCC4)oc3c2)c1. The minimum atomic E-state index is 0.684. The van der Waals surface area contributed by atoms with E-state index in [1.54, 1.807) is 0 Å². The highest BCUT2D eigenvalue weighted by Gasteiger charge is 2.17. The molecule has 120 valence electrons. The van der Waals surface area contributed by atoms with Crippen LogP contribution in [0.15, 0.2) is 41.1 Å². The minimum Gasteiger partial charge on any atom is -0.423 e. The summed E-state index contributed by atoms with van der Waals surface area (Å²) in [4.78, 5) is 6.70. The van der Waals surface area contributed by atoms with Crippen molar-refractivity contribution in [3.63, 3.8) is 0 Å². The van der Waals surface area contributed by atoms with Crippen molar-refractivity contribution in [1.29, 1.82) is 0 Å². The van der Waals surface area contributed by atoms with E-state index in [1.807, 2.05) is 36.0 Å². The molecule has 0 spiro atoms. The lowest BCUT2D eigenvalue weighted by Gasteiger charge is -2.24. The van der Waals surface area contributed by atoms with Crippen LogP contribution < -0.4 is 10.2 Å². The van der Waals surface area contributed by atoms with Crippen LogP contribution in [0.2, 0.25) is 0 Å². The number of aromatic nitrogens is 2. The van der Waals surface area contributed by atoms with E-state index in [4.69, 9.17) is 9.15 Å². The van der Waals surface area contributed by atoms with Gasteiger partial charge in [-0.05, 0) is 23.8 Å². The van der Waals surface area contributed by atoms with Crippen molar-refractivity contribution in [2.24, 2.45) is 7.05 Å². The van der Waals surface area contributed by atoms with Crippen LogP contribution in [0.1, 0.15) is 5.56 Å². The Kier molecular flexibility index (Phi) is 3.67. The summed E-state index contributed by atoms with van der Waals surface area (Å²) in [6.07, 6.45) is 4.15. The minimum absolute atomic E-state index is 0.684. The van der Waals surface area contributed by atoms with Gasteiger partial charge in [-0.2, -0.15) is 4.98 Å². The molecular weight excluding hydrogens is 292 g/mol. The predicted molar refractivity (Wildman–Crippen MR) is 89.8 cm³/mol. The topological polar surface area (TPSA) is 55.5 Å². The third-order valence-corrected chi connectivity index (χ3v) is 4.05. The first-order valence-electron chi connectivity index (χ1n) is 7.86. The smallest absolute Gasteiger partial charge is 0.298 e. The van der Waals surface area contributed by atoms with Crippen molar-refractivity contribution >= 4 is 22.8 Å². The van der Waals surface area contributed by atoms with E-state index in [9.17, 15) is 0 Å². The molecule has 0 bridgehead atoms. The number of fused-ring (bicyclic) bond motifs is 1. The van der Waals surface area contributed by atoms with Crippen LogP contribution in [0.5, 0.6) is 0 Å². The molecular formula is C17H20N4O2. The fraction of sp³-hybridized carbons (Fsp3) is 0.353. The van der Waals surface area contributed by atoms with Gasteiger partial charge >= 0.3 is 0 Å². The van der Waals surface area contributed by atoms with E-state index in [1.165, 1.54) is 5.56 Å². The van der Waals surface area contributed by atoms with Crippen LogP contribution >= 0.6 is 0 Å². The van der Waals surface area contributed by atoms with Crippen molar-refractivity contribution in [3.8, 4) is 0 Å². The standard InChI is InChI=1S/C17H20N4O2/c1-20-5-4-13(12-20)11-18-14-2-3-15-16(10-14)23-17(19-15)21-6-8-22-9-7-21/h2-5,10,12,18H,6-9,11H2,1H3. The molecule has 2 aromatic heterocycles. The van der Waals surface area contributed by atoms with E-state index < -0.39 is 0 Å². The number of aryl methyl sites for hydroxylation is 1. The zero-order valence-electron chi connectivity index (χ0n) is 13.2. The summed E-state index contributed by atoms with van der Waals surface area (Å²) in [6, 6.07) is 8.84. The van der Waals surface area contributed by atoms with Crippen molar-refractivity contribution in [2.75, 3.05) is 36.5 Å². The van der Waals surface area contributed by atoms with Gasteiger partial charge in [0.2, 0.25) is 0 Å². The van der Waals surface area contributed by atoms with Gasteiger partial charge in [-0.1, -0.05) is 0 Å². The Morgan fingerprint density at radius 3 is 2.87 bits per heavy atom. The molecule has 1 fully saturated rings. The maximum atomic E-state index is 5.92. The second-order valence-corrected chi connectivity index (χ2v) is 5.82. The number of ether oxygens (including phenoxy) is 1. The summed E-state index contributed by atoms with van der Waals surface area (Å²) in [6.45, 7) is 3.89. The molecule has 6 nitrogen and oxygen atoms in total. The van der Waals surface area contributed by atoms with Crippen LogP contribution in [-0.2, 0) is 18.3 Å². The van der Waals surface area contributed by atoms with E-state index in [0.717, 1.165) is 49.6 Å². The molecule has 3 aromatic rings. The third-order valence-electron chi connectivity index (χ3n) is 4.05. The van der Waals surface area contributed by atoms with Crippen molar-refractivity contribution in [2.45, 2.75) is 6.54 Å². The van der Waals surface area contributed by atoms with Gasteiger partial charge in [-0.25, -0.2) is 0 Å². The van der Waals surface area contributed by atoms with Crippen LogP contribution in [0.25, 0.3) is 11.1 Å². The number of nitrogens with one attached hydrogen (secondary N) is 1. The summed E-state index contributed by atoms with van der Waals surface area (Å²) in [5, 5.41) is 3.42. The predicted octanol–water partition coefficient (Wildman–Crippen LogP) is 2.62. The molecule has 0 radical (unpaired) electrons. The van der Waals surface area contributed by atoms with Gasteiger partial charge in [-0.15, -0.1) is 0 Å². The normalized spacial score (nSPS) is 15.3. The molecule has 0 aliphatic carbocycles. The van der Waals surface area contributed by atoms with Crippen LogP contribution in [0.4, 0.5) is 11.7 Å². The molecule has 1 aliphatic heterocycles. The van der Waals surface area contributed by atoms with E-state index in [0.29, 0.717) is 6.01 Å². The number of anilines is 2. The van der Waals surface area contributed by atoms with Gasteiger partial charge in [0.15, 0.2) is 5.58 Å². The second-order valence-electron chi connectivity index (χ2n) is 5.82. The number of hydrogen-bond acceptors (Lipinski definition) is 5. The number of hydrogen-bond donors (Lipinski definition) is 1. The molecule has 3 heterocycles. The van der Waals surface area contributed by atoms with Crippen molar-refractivity contribution in [3.05, 3.63) is 42.2 Å². The van der Waals surface area contributed by atoms with Gasteiger partial charge in [0.25, 0.3) is 6.01 Å². The molecule has 6 heteroatoms. The zero-order valence-corrected chi connectivity index (χ0v) is 13.2. The van der Waals surface area contributed by atoms with Gasteiger partial charge in [0, 0.05) is 50.8 Å². The molecule has 1 aromatic carbocycles. The van der Waals surface area contributed by atoms with Gasteiger partial charge in [-0.3, -0.25) is 0 Å². The Morgan fingerprint density at radius 2 is 2.09 bits per heavy atom. The average molecular weight is 312 g/mol. The third kappa shape index (κ3) is 3.03. The van der Waals surface area contributed by atoms with Crippen molar-refractivity contribution < 1.29 is 9.15 Å². The molecule has 0 amide bonds. The second kappa shape index (κ2) is 5.96. The molecule has 4 rings (SSSR count). The molecule has 1 N–H and O–H groups in total. The molecule has 0 saturated carbocycles. The zero-order chi connectivity index (χ0) is 15.6.